The van der Waals surface area contributed by atoms with E-state index in [1.54, 1.807) is 6.61 Å². The van der Waals surface area contributed by atoms with Crippen molar-refractivity contribution in [2.75, 3.05) is 14.1 Å². The molecule has 1 unspecified atom stereocenters. The Morgan fingerprint density at radius 3 is 2.60 bits per heavy atom. The van der Waals surface area contributed by atoms with Crippen LogP contribution in [0.3, 0.4) is 0 Å². The Bertz CT molecular complexity index is 103. The van der Waals surface area contributed by atoms with Crippen LogP contribution >= 0.6 is 0 Å². The molecule has 0 N–H and O–H groups in total. The maximum absolute atomic E-state index is 5.25. The third kappa shape index (κ3) is 1.96. The third-order valence-corrected chi connectivity index (χ3v) is 1.85. The Kier molecular flexibility index (Phi) is 2.69. The highest BCUT2D eigenvalue weighted by molar-refractivity contribution is 4.94. The van der Waals surface area contributed by atoms with Crippen LogP contribution < -0.4 is 0 Å². The summed E-state index contributed by atoms with van der Waals surface area (Å²) in [6.07, 6.45) is 3.57. The van der Waals surface area contributed by atoms with Crippen molar-refractivity contribution in [1.82, 2.24) is 4.90 Å². The van der Waals surface area contributed by atoms with Crippen LogP contribution in [0.1, 0.15) is 13.3 Å². The summed E-state index contributed by atoms with van der Waals surface area (Å²) < 4.78 is 5.25. The average molecular weight is 141 g/mol. The molecule has 1 saturated heterocycles. The van der Waals surface area contributed by atoms with Gasteiger partial charge in [0.1, 0.15) is 0 Å². The van der Waals surface area contributed by atoms with Crippen molar-refractivity contribution in [1.29, 1.82) is 0 Å². The summed E-state index contributed by atoms with van der Waals surface area (Å²) in [7, 11) is 4.18. The van der Waals surface area contributed by atoms with Gasteiger partial charge in [-0.1, -0.05) is 0 Å². The van der Waals surface area contributed by atoms with Gasteiger partial charge in [0.25, 0.3) is 0 Å². The molecule has 0 aromatic rings. The topological polar surface area (TPSA) is 12.5 Å². The van der Waals surface area contributed by atoms with E-state index < -0.39 is 0 Å². The summed E-state index contributed by atoms with van der Waals surface area (Å²) in [6.45, 7) is 3.90. The second-order valence-corrected chi connectivity index (χ2v) is 3.04. The highest BCUT2D eigenvalue weighted by atomic mass is 16.5. The van der Waals surface area contributed by atoms with E-state index >= 15 is 0 Å². The molecular formula is C8H15NO. The van der Waals surface area contributed by atoms with E-state index in [0.29, 0.717) is 12.1 Å². The molecule has 0 bridgehead atoms. The Balaban J connectivity index is 2.32. The first-order valence-corrected chi connectivity index (χ1v) is 3.68. The molecule has 2 nitrogen and oxygen atoms in total. The molecule has 1 fully saturated rings. The lowest BCUT2D eigenvalue weighted by Gasteiger charge is -2.31. The van der Waals surface area contributed by atoms with Crippen molar-refractivity contribution in [3.8, 4) is 0 Å². The van der Waals surface area contributed by atoms with Gasteiger partial charge in [0.05, 0.1) is 12.7 Å². The van der Waals surface area contributed by atoms with Crippen LogP contribution in [-0.4, -0.2) is 31.1 Å². The summed E-state index contributed by atoms with van der Waals surface area (Å²) in [4.78, 5) is 2.20. The molecule has 10 heavy (non-hydrogen) atoms. The second kappa shape index (κ2) is 3.35. The molecule has 1 aliphatic heterocycles. The zero-order valence-electron chi connectivity index (χ0n) is 6.87. The number of rotatable bonds is 1. The first-order chi connectivity index (χ1) is 4.70. The summed E-state index contributed by atoms with van der Waals surface area (Å²) in [5.41, 5.74) is 0. The highest BCUT2D eigenvalue weighted by Crippen LogP contribution is 2.18. The molecule has 2 radical (unpaired) electrons. The zero-order valence-corrected chi connectivity index (χ0v) is 6.87. The SMILES string of the molecule is CC1C[C@@H](N(C)C)[CH][CH]O1. The second-order valence-electron chi connectivity index (χ2n) is 3.04. The smallest absolute Gasteiger partial charge is 0.0891 e. The fraction of sp³-hybridized carbons (Fsp3) is 0.750. The van der Waals surface area contributed by atoms with Crippen molar-refractivity contribution in [2.24, 2.45) is 0 Å². The van der Waals surface area contributed by atoms with E-state index in [1.807, 2.05) is 0 Å². The number of ether oxygens (including phenoxy) is 1. The van der Waals surface area contributed by atoms with Crippen molar-refractivity contribution < 1.29 is 4.74 Å². The van der Waals surface area contributed by atoms with Gasteiger partial charge >= 0.3 is 0 Å². The standard InChI is InChI=1S/C8H15NO/c1-7-6-8(9(2)3)4-5-10-7/h4-5,7-8H,6H2,1-3H3/t7?,8-/m0/s1. The molecule has 0 aliphatic carbocycles. The molecule has 0 saturated carbocycles. The van der Waals surface area contributed by atoms with Gasteiger partial charge in [0.2, 0.25) is 0 Å². The lowest BCUT2D eigenvalue weighted by molar-refractivity contribution is 0.0653. The van der Waals surface area contributed by atoms with Crippen molar-refractivity contribution in [3.63, 3.8) is 0 Å². The lowest BCUT2D eigenvalue weighted by atomic mass is 10.0. The van der Waals surface area contributed by atoms with E-state index in [9.17, 15) is 0 Å². The fourth-order valence-corrected chi connectivity index (χ4v) is 1.13. The monoisotopic (exact) mass is 141 g/mol. The predicted molar refractivity (Wildman–Crippen MR) is 41.2 cm³/mol. The molecule has 1 aliphatic rings. The lowest BCUT2D eigenvalue weighted by Crippen LogP contribution is -2.35. The van der Waals surface area contributed by atoms with E-state index in [-0.39, 0.29) is 0 Å². The van der Waals surface area contributed by atoms with Gasteiger partial charge in [0, 0.05) is 12.5 Å². The van der Waals surface area contributed by atoms with Gasteiger partial charge in [-0.3, -0.25) is 0 Å². The first-order valence-electron chi connectivity index (χ1n) is 3.68. The molecule has 58 valence electrons. The minimum atomic E-state index is 0.373. The Morgan fingerprint density at radius 2 is 2.20 bits per heavy atom. The quantitative estimate of drug-likeness (QED) is 0.542. The summed E-state index contributed by atoms with van der Waals surface area (Å²) in [6, 6.07) is 0.559. The molecular weight excluding hydrogens is 126 g/mol. The van der Waals surface area contributed by atoms with Crippen LogP contribution in [0.2, 0.25) is 0 Å². The summed E-state index contributed by atoms with van der Waals surface area (Å²) in [5.74, 6) is 0. The zero-order chi connectivity index (χ0) is 7.56. The minimum absolute atomic E-state index is 0.373. The normalized spacial score (nSPS) is 34.8. The van der Waals surface area contributed by atoms with E-state index in [0.717, 1.165) is 6.42 Å². The maximum atomic E-state index is 5.25. The summed E-state index contributed by atoms with van der Waals surface area (Å²) >= 11 is 0. The largest absolute Gasteiger partial charge is 0.372 e. The van der Waals surface area contributed by atoms with Crippen LogP contribution in [0.5, 0.6) is 0 Å². The van der Waals surface area contributed by atoms with E-state index in [4.69, 9.17) is 4.74 Å². The van der Waals surface area contributed by atoms with Gasteiger partial charge in [0.15, 0.2) is 0 Å². The molecule has 2 heteroatoms. The summed E-state index contributed by atoms with van der Waals surface area (Å²) in [5, 5.41) is 0. The highest BCUT2D eigenvalue weighted by Gasteiger charge is 2.20. The fourth-order valence-electron chi connectivity index (χ4n) is 1.13. The Labute approximate surface area is 63.2 Å². The molecule has 1 rings (SSSR count). The van der Waals surface area contributed by atoms with Gasteiger partial charge in [-0.2, -0.15) is 0 Å². The van der Waals surface area contributed by atoms with Crippen LogP contribution in [0.15, 0.2) is 0 Å². The van der Waals surface area contributed by atoms with E-state index in [1.165, 1.54) is 0 Å². The first kappa shape index (κ1) is 8.02. The van der Waals surface area contributed by atoms with Crippen molar-refractivity contribution in [3.05, 3.63) is 13.0 Å². The van der Waals surface area contributed by atoms with Gasteiger partial charge in [-0.05, 0) is 27.4 Å². The number of nitrogens with zero attached hydrogens (tertiary/aromatic N) is 1. The van der Waals surface area contributed by atoms with Crippen LogP contribution in [0.25, 0.3) is 0 Å². The van der Waals surface area contributed by atoms with Crippen molar-refractivity contribution in [2.45, 2.75) is 25.5 Å². The average Bonchev–Trinajstić information content (AvgIpc) is 1.88. The molecule has 1 heterocycles. The van der Waals surface area contributed by atoms with Crippen molar-refractivity contribution >= 4 is 0 Å². The predicted octanol–water partition coefficient (Wildman–Crippen LogP) is 1.09. The van der Waals surface area contributed by atoms with Crippen LogP contribution in [-0.2, 0) is 4.74 Å². The number of hydrogen-bond acceptors (Lipinski definition) is 2. The van der Waals surface area contributed by atoms with E-state index in [2.05, 4.69) is 32.3 Å². The number of hydrogen-bond donors (Lipinski definition) is 0. The molecule has 0 spiro atoms. The van der Waals surface area contributed by atoms with Gasteiger partial charge in [-0.25, -0.2) is 0 Å². The van der Waals surface area contributed by atoms with Gasteiger partial charge < -0.3 is 9.64 Å². The maximum Gasteiger partial charge on any atom is 0.0891 e. The molecule has 2 atom stereocenters. The third-order valence-electron chi connectivity index (χ3n) is 1.85. The minimum Gasteiger partial charge on any atom is -0.372 e. The van der Waals surface area contributed by atoms with Gasteiger partial charge in [-0.15, -0.1) is 0 Å². The molecule has 0 amide bonds. The van der Waals surface area contributed by atoms with Crippen LogP contribution in [0, 0.1) is 13.0 Å². The molecule has 0 aromatic heterocycles. The molecule has 0 aromatic carbocycles. The Hall–Kier alpha value is -0.0800. The Morgan fingerprint density at radius 1 is 1.50 bits per heavy atom. The van der Waals surface area contributed by atoms with Crippen LogP contribution in [0.4, 0.5) is 0 Å².